The molecule has 0 aliphatic carbocycles. The molecule has 0 spiro atoms. The maximum Gasteiger partial charge on any atom is 0.271 e. The van der Waals surface area contributed by atoms with E-state index in [0.29, 0.717) is 20.9 Å². The first-order valence-corrected chi connectivity index (χ1v) is 8.96. The van der Waals surface area contributed by atoms with Gasteiger partial charge in [0.15, 0.2) is 10.1 Å². The van der Waals surface area contributed by atoms with Crippen LogP contribution in [-0.4, -0.2) is 25.2 Å². The molecule has 0 saturated heterocycles. The number of nitrogens with one attached hydrogen (secondary N) is 1. The molecule has 0 radical (unpaired) electrons. The standard InChI is InChI=1S/C15H9N5O4S2/c1-7-6-25-15-16-5-9(13(22)19(7)15)12(21)18-14-17-10-3-2-8(20(23)24)4-11(10)26-14/h2-6H,1H3,(H,17,18,21). The van der Waals surface area contributed by atoms with Crippen LogP contribution in [0.4, 0.5) is 10.8 Å². The average molecular weight is 387 g/mol. The van der Waals surface area contributed by atoms with Gasteiger partial charge in [-0.05, 0) is 13.0 Å². The van der Waals surface area contributed by atoms with Gasteiger partial charge in [-0.1, -0.05) is 11.3 Å². The molecule has 1 N–H and O–H groups in total. The van der Waals surface area contributed by atoms with Crippen molar-refractivity contribution in [3.63, 3.8) is 0 Å². The molecule has 0 aliphatic rings. The number of fused-ring (bicyclic) bond motifs is 2. The van der Waals surface area contributed by atoms with Gasteiger partial charge in [0.1, 0.15) is 5.56 Å². The van der Waals surface area contributed by atoms with Crippen molar-refractivity contribution in [2.45, 2.75) is 6.92 Å². The Hall–Kier alpha value is -3.18. The lowest BCUT2D eigenvalue weighted by atomic mass is 10.3. The predicted octanol–water partition coefficient (Wildman–Crippen LogP) is 2.83. The number of nitro benzene ring substituents is 1. The summed E-state index contributed by atoms with van der Waals surface area (Å²) in [7, 11) is 0. The van der Waals surface area contributed by atoms with Gasteiger partial charge in [-0.3, -0.25) is 29.4 Å². The highest BCUT2D eigenvalue weighted by atomic mass is 32.1. The van der Waals surface area contributed by atoms with Gasteiger partial charge < -0.3 is 0 Å². The number of hydrogen-bond donors (Lipinski definition) is 1. The van der Waals surface area contributed by atoms with Crippen LogP contribution in [0.25, 0.3) is 15.2 Å². The van der Waals surface area contributed by atoms with Crippen molar-refractivity contribution in [1.29, 1.82) is 0 Å². The van der Waals surface area contributed by atoms with Crippen molar-refractivity contribution < 1.29 is 9.72 Å². The predicted molar refractivity (Wildman–Crippen MR) is 98.3 cm³/mol. The van der Waals surface area contributed by atoms with Gasteiger partial charge in [0.2, 0.25) is 0 Å². The Morgan fingerprint density at radius 2 is 2.19 bits per heavy atom. The van der Waals surface area contributed by atoms with Crippen LogP contribution >= 0.6 is 22.7 Å². The summed E-state index contributed by atoms with van der Waals surface area (Å²) >= 11 is 2.41. The van der Waals surface area contributed by atoms with E-state index in [4.69, 9.17) is 0 Å². The van der Waals surface area contributed by atoms with Crippen molar-refractivity contribution in [3.05, 3.63) is 61.5 Å². The Labute approximate surface area is 152 Å². The molecule has 1 aromatic carbocycles. The van der Waals surface area contributed by atoms with Gasteiger partial charge in [0, 0.05) is 29.4 Å². The van der Waals surface area contributed by atoms with Gasteiger partial charge in [-0.25, -0.2) is 9.97 Å². The molecule has 0 atom stereocenters. The van der Waals surface area contributed by atoms with E-state index in [-0.39, 0.29) is 16.4 Å². The first-order valence-electron chi connectivity index (χ1n) is 7.26. The number of carbonyl (C=O) groups is 1. The number of rotatable bonds is 3. The molecule has 9 nitrogen and oxygen atoms in total. The number of hydrogen-bond acceptors (Lipinski definition) is 8. The van der Waals surface area contributed by atoms with E-state index < -0.39 is 16.4 Å². The van der Waals surface area contributed by atoms with Crippen molar-refractivity contribution in [3.8, 4) is 0 Å². The molecule has 11 heteroatoms. The Kier molecular flexibility index (Phi) is 3.74. The Morgan fingerprint density at radius 3 is 2.96 bits per heavy atom. The fourth-order valence-electron chi connectivity index (χ4n) is 2.43. The van der Waals surface area contributed by atoms with Gasteiger partial charge in [0.05, 0.1) is 15.1 Å². The Balaban J connectivity index is 1.69. The lowest BCUT2D eigenvalue weighted by Crippen LogP contribution is -2.26. The van der Waals surface area contributed by atoms with Crippen LogP contribution in [0.15, 0.2) is 34.6 Å². The second-order valence-electron chi connectivity index (χ2n) is 5.35. The summed E-state index contributed by atoms with van der Waals surface area (Å²) in [5.74, 6) is -0.629. The maximum atomic E-state index is 12.5. The van der Waals surface area contributed by atoms with Gasteiger partial charge >= 0.3 is 0 Å². The summed E-state index contributed by atoms with van der Waals surface area (Å²) in [6.07, 6.45) is 1.24. The fourth-order valence-corrected chi connectivity index (χ4v) is 4.15. The smallest absolute Gasteiger partial charge is 0.271 e. The third-order valence-corrected chi connectivity index (χ3v) is 5.56. The minimum atomic E-state index is -0.629. The highest BCUT2D eigenvalue weighted by Gasteiger charge is 2.17. The van der Waals surface area contributed by atoms with Gasteiger partial charge in [-0.2, -0.15) is 0 Å². The quantitative estimate of drug-likeness (QED) is 0.426. The molecule has 3 aromatic heterocycles. The first kappa shape index (κ1) is 16.3. The number of benzene rings is 1. The maximum absolute atomic E-state index is 12.5. The summed E-state index contributed by atoms with van der Waals surface area (Å²) in [5.41, 5.74) is 0.608. The lowest BCUT2D eigenvalue weighted by molar-refractivity contribution is -0.384. The number of amides is 1. The summed E-state index contributed by atoms with van der Waals surface area (Å²) in [4.78, 5) is 44.2. The lowest BCUT2D eigenvalue weighted by Gasteiger charge is -2.02. The molecule has 0 unspecified atom stereocenters. The van der Waals surface area contributed by atoms with Crippen LogP contribution in [0.3, 0.4) is 0 Å². The van der Waals surface area contributed by atoms with E-state index in [9.17, 15) is 19.7 Å². The van der Waals surface area contributed by atoms with E-state index in [1.54, 1.807) is 12.3 Å². The highest BCUT2D eigenvalue weighted by Crippen LogP contribution is 2.29. The van der Waals surface area contributed by atoms with E-state index in [1.165, 1.54) is 40.1 Å². The SMILES string of the molecule is Cc1csc2ncc(C(=O)Nc3nc4ccc([N+](=O)[O-])cc4s3)c(=O)n12. The molecular formula is C15H9N5O4S2. The largest absolute Gasteiger partial charge is 0.298 e. The Bertz CT molecular complexity index is 1260. The van der Waals surface area contributed by atoms with E-state index >= 15 is 0 Å². The number of carbonyl (C=O) groups excluding carboxylic acids is 1. The van der Waals surface area contributed by atoms with Crippen molar-refractivity contribution in [1.82, 2.24) is 14.4 Å². The number of aromatic nitrogens is 3. The zero-order valence-corrected chi connectivity index (χ0v) is 14.8. The number of non-ortho nitro benzene ring substituents is 1. The fraction of sp³-hybridized carbons (Fsp3) is 0.0667. The number of nitrogens with zero attached hydrogens (tertiary/aromatic N) is 4. The van der Waals surface area contributed by atoms with E-state index in [0.717, 1.165) is 11.3 Å². The Morgan fingerprint density at radius 1 is 1.38 bits per heavy atom. The second-order valence-corrected chi connectivity index (χ2v) is 7.22. The van der Waals surface area contributed by atoms with Crippen LogP contribution in [0.5, 0.6) is 0 Å². The van der Waals surface area contributed by atoms with Crippen LogP contribution < -0.4 is 10.9 Å². The molecule has 0 saturated carbocycles. The summed E-state index contributed by atoms with van der Waals surface area (Å²) in [6.45, 7) is 1.76. The topological polar surface area (TPSA) is 120 Å². The third kappa shape index (κ3) is 2.62. The molecule has 0 fully saturated rings. The number of aryl methyl sites for hydroxylation is 1. The molecule has 0 bridgehead atoms. The van der Waals surface area contributed by atoms with Crippen LogP contribution in [0.1, 0.15) is 16.1 Å². The molecule has 4 aromatic rings. The minimum absolute atomic E-state index is 0.0557. The van der Waals surface area contributed by atoms with Crippen molar-refractivity contribution >= 4 is 54.6 Å². The van der Waals surface area contributed by atoms with E-state index in [2.05, 4.69) is 15.3 Å². The van der Waals surface area contributed by atoms with Crippen molar-refractivity contribution in [2.75, 3.05) is 5.32 Å². The monoisotopic (exact) mass is 387 g/mol. The molecule has 0 aliphatic heterocycles. The first-order chi connectivity index (χ1) is 12.4. The number of nitro groups is 1. The molecule has 4 rings (SSSR count). The third-order valence-electron chi connectivity index (χ3n) is 3.66. The molecule has 3 heterocycles. The summed E-state index contributed by atoms with van der Waals surface area (Å²) in [5, 5.41) is 15.4. The molecule has 1 amide bonds. The van der Waals surface area contributed by atoms with Crippen LogP contribution in [-0.2, 0) is 0 Å². The van der Waals surface area contributed by atoms with E-state index in [1.807, 2.05) is 0 Å². The second kappa shape index (κ2) is 5.97. The zero-order valence-electron chi connectivity index (χ0n) is 13.1. The van der Waals surface area contributed by atoms with Gasteiger partial charge in [-0.15, -0.1) is 11.3 Å². The highest BCUT2D eigenvalue weighted by molar-refractivity contribution is 7.22. The summed E-state index contributed by atoms with van der Waals surface area (Å²) < 4.78 is 1.94. The average Bonchev–Trinajstić information content (AvgIpc) is 3.17. The van der Waals surface area contributed by atoms with Gasteiger partial charge in [0.25, 0.3) is 17.2 Å². The van der Waals surface area contributed by atoms with Crippen LogP contribution in [0.2, 0.25) is 0 Å². The zero-order chi connectivity index (χ0) is 18.4. The van der Waals surface area contributed by atoms with Crippen molar-refractivity contribution in [2.24, 2.45) is 0 Å². The number of thiazole rings is 2. The van der Waals surface area contributed by atoms with Crippen LogP contribution in [0, 0.1) is 17.0 Å². The minimum Gasteiger partial charge on any atom is -0.298 e. The number of anilines is 1. The molecule has 130 valence electrons. The normalized spacial score (nSPS) is 11.1. The molecule has 26 heavy (non-hydrogen) atoms. The molecular weight excluding hydrogens is 378 g/mol. The summed E-state index contributed by atoms with van der Waals surface area (Å²) in [6, 6.07) is 4.24.